The molecular weight excluding hydrogens is 426 g/mol. The van der Waals surface area contributed by atoms with Gasteiger partial charge in [-0.2, -0.15) is 5.10 Å². The van der Waals surface area contributed by atoms with Crippen LogP contribution >= 0.6 is 0 Å². The van der Waals surface area contributed by atoms with E-state index in [1.807, 2.05) is 41.5 Å². The fraction of sp³-hybridized carbons (Fsp3) is 0.333. The molecule has 32 heavy (non-hydrogen) atoms. The third kappa shape index (κ3) is 5.02. The number of aromatic hydroxyl groups is 1. The van der Waals surface area contributed by atoms with E-state index in [0.717, 1.165) is 28.3 Å². The minimum atomic E-state index is -4.17. The van der Waals surface area contributed by atoms with Crippen molar-refractivity contribution >= 4 is 15.9 Å². The lowest BCUT2D eigenvalue weighted by Crippen LogP contribution is -2.32. The van der Waals surface area contributed by atoms with Gasteiger partial charge in [0, 0.05) is 12.9 Å². The molecule has 0 fully saturated rings. The minimum absolute atomic E-state index is 0. The molecule has 172 valence electrons. The third-order valence-corrected chi connectivity index (χ3v) is 6.61. The Kier molecular flexibility index (Phi) is 6.20. The number of rotatable bonds is 5. The van der Waals surface area contributed by atoms with Gasteiger partial charge >= 0.3 is 0 Å². The molecule has 0 saturated heterocycles. The van der Waals surface area contributed by atoms with Crippen LogP contribution in [0.15, 0.2) is 47.4 Å². The van der Waals surface area contributed by atoms with Crippen LogP contribution in [0.4, 0.5) is 0 Å². The fourth-order valence-electron chi connectivity index (χ4n) is 3.58. The maximum atomic E-state index is 13.1. The predicted octanol–water partition coefficient (Wildman–Crippen LogP) is 4.22. The van der Waals surface area contributed by atoms with Crippen LogP contribution in [-0.4, -0.2) is 29.2 Å². The fourth-order valence-corrected chi connectivity index (χ4v) is 4.58. The van der Waals surface area contributed by atoms with Crippen LogP contribution in [0.1, 0.15) is 60.6 Å². The number of phenolic OH excluding ortho intramolecular Hbond substituents is 1. The molecule has 1 aromatic heterocycles. The van der Waals surface area contributed by atoms with E-state index < -0.39 is 15.9 Å². The lowest BCUT2D eigenvalue weighted by molar-refractivity contribution is 0.0971. The van der Waals surface area contributed by atoms with Crippen LogP contribution in [-0.2, 0) is 22.0 Å². The quantitative estimate of drug-likeness (QED) is 0.597. The highest BCUT2D eigenvalue weighted by atomic mass is 32.2. The number of hydrogen-bond acceptors (Lipinski definition) is 5. The number of aromatic nitrogens is 2. The number of nitrogens with zero attached hydrogens (tertiary/aromatic N) is 2. The molecule has 0 bridgehead atoms. The van der Waals surface area contributed by atoms with E-state index in [0.29, 0.717) is 12.2 Å². The number of nitrogens with one attached hydrogen (secondary N) is 1. The van der Waals surface area contributed by atoms with Crippen molar-refractivity contribution in [3.63, 3.8) is 0 Å². The molecule has 0 saturated carbocycles. The Labute approximate surface area is 190 Å². The number of carbonyl (C=O) groups is 1. The summed E-state index contributed by atoms with van der Waals surface area (Å²) in [4.78, 5) is 12.9. The van der Waals surface area contributed by atoms with E-state index in [1.54, 1.807) is 10.7 Å². The molecular formula is C24H31N3O4S. The molecule has 3 rings (SSSR count). The molecule has 0 atom stereocenters. The van der Waals surface area contributed by atoms with Gasteiger partial charge in [-0.15, -0.1) is 0 Å². The predicted molar refractivity (Wildman–Crippen MR) is 126 cm³/mol. The summed E-state index contributed by atoms with van der Waals surface area (Å²) in [6.07, 6.45) is 0. The Morgan fingerprint density at radius 3 is 2.28 bits per heavy atom. The third-order valence-electron chi connectivity index (χ3n) is 5.28. The monoisotopic (exact) mass is 457 g/mol. The zero-order valence-corrected chi connectivity index (χ0v) is 20.0. The van der Waals surface area contributed by atoms with Crippen molar-refractivity contribution in [1.82, 2.24) is 14.5 Å². The molecule has 0 aliphatic rings. The topological polar surface area (TPSA) is 101 Å². The Bertz CT molecular complexity index is 1270. The van der Waals surface area contributed by atoms with Gasteiger partial charge in [0.25, 0.3) is 15.9 Å². The van der Waals surface area contributed by atoms with Crippen molar-refractivity contribution < 1.29 is 19.7 Å². The van der Waals surface area contributed by atoms with Gasteiger partial charge in [-0.3, -0.25) is 9.48 Å². The summed E-state index contributed by atoms with van der Waals surface area (Å²) in [5.41, 5.74) is 4.83. The van der Waals surface area contributed by atoms with Gasteiger partial charge in [0.05, 0.1) is 17.1 Å². The molecule has 1 amide bonds. The normalized spacial score (nSPS) is 12.1. The minimum Gasteiger partial charge on any atom is -0.508 e. The van der Waals surface area contributed by atoms with Crippen LogP contribution in [0.25, 0.3) is 0 Å². The average molecular weight is 458 g/mol. The maximum Gasteiger partial charge on any atom is 0.283 e. The second-order valence-corrected chi connectivity index (χ2v) is 10.8. The van der Waals surface area contributed by atoms with Crippen LogP contribution in [0.3, 0.4) is 0 Å². The summed E-state index contributed by atoms with van der Waals surface area (Å²) >= 11 is 0. The molecule has 0 unspecified atom stereocenters. The molecule has 2 N–H and O–H groups in total. The molecule has 0 radical (unpaired) electrons. The maximum absolute atomic E-state index is 13.1. The molecule has 3 aromatic rings. The van der Waals surface area contributed by atoms with Crippen molar-refractivity contribution in [2.24, 2.45) is 0 Å². The van der Waals surface area contributed by atoms with Gasteiger partial charge < -0.3 is 5.11 Å². The largest absolute Gasteiger partial charge is 0.508 e. The van der Waals surface area contributed by atoms with Gasteiger partial charge in [-0.25, -0.2) is 13.1 Å². The molecule has 0 spiro atoms. The summed E-state index contributed by atoms with van der Waals surface area (Å²) in [5, 5.41) is 14.2. The standard InChI is InChI=1S/C24H29N3O4S.H2/c1-15-10-16(2)20(17(3)11-15)14-27-21(13-22(25-27)24(4,5)6)23(29)26-32(30,31)19-9-7-8-18(28)12-19;/h7-13,28H,14H2,1-6H3,(H,26,29);1H. The second-order valence-electron chi connectivity index (χ2n) is 9.13. The highest BCUT2D eigenvalue weighted by molar-refractivity contribution is 7.90. The first kappa shape index (κ1) is 23.5. The van der Waals surface area contributed by atoms with Gasteiger partial charge in [0.1, 0.15) is 11.4 Å². The van der Waals surface area contributed by atoms with Gasteiger partial charge in [0.15, 0.2) is 0 Å². The van der Waals surface area contributed by atoms with Crippen molar-refractivity contribution in [3.05, 3.63) is 76.1 Å². The summed E-state index contributed by atoms with van der Waals surface area (Å²) in [5.74, 6) is -0.982. The van der Waals surface area contributed by atoms with E-state index in [1.165, 1.54) is 18.2 Å². The average Bonchev–Trinajstić information content (AvgIpc) is 3.09. The first-order valence-electron chi connectivity index (χ1n) is 10.3. The smallest absolute Gasteiger partial charge is 0.283 e. The van der Waals surface area contributed by atoms with Gasteiger partial charge in [0.2, 0.25) is 0 Å². The molecule has 1 heterocycles. The Balaban J connectivity index is 0.00000385. The Morgan fingerprint density at radius 2 is 1.72 bits per heavy atom. The van der Waals surface area contributed by atoms with Crippen molar-refractivity contribution in [2.45, 2.75) is 58.4 Å². The SMILES string of the molecule is Cc1cc(C)c(Cn2nc(C(C)(C)C)cc2C(=O)NS(=O)(=O)c2cccc(O)c2)c(C)c1.[HH]. The summed E-state index contributed by atoms with van der Waals surface area (Å²) in [6, 6.07) is 10.9. The van der Waals surface area contributed by atoms with Crippen LogP contribution in [0.5, 0.6) is 5.75 Å². The van der Waals surface area contributed by atoms with E-state index >= 15 is 0 Å². The summed E-state index contributed by atoms with van der Waals surface area (Å²) in [6.45, 7) is 12.3. The van der Waals surface area contributed by atoms with Crippen LogP contribution in [0, 0.1) is 20.8 Å². The van der Waals surface area contributed by atoms with Crippen molar-refractivity contribution in [2.75, 3.05) is 0 Å². The second kappa shape index (κ2) is 8.43. The number of phenols is 1. The Morgan fingerprint density at radius 1 is 1.09 bits per heavy atom. The number of benzene rings is 2. The number of aryl methyl sites for hydroxylation is 3. The highest BCUT2D eigenvalue weighted by Gasteiger charge is 2.26. The van der Waals surface area contributed by atoms with E-state index in [4.69, 9.17) is 0 Å². The lowest BCUT2D eigenvalue weighted by Gasteiger charge is -2.15. The van der Waals surface area contributed by atoms with E-state index in [-0.39, 0.29) is 23.2 Å². The number of sulfonamides is 1. The number of carbonyl (C=O) groups excluding carboxylic acids is 1. The highest BCUT2D eigenvalue weighted by Crippen LogP contribution is 2.24. The zero-order chi connectivity index (χ0) is 23.8. The number of amides is 1. The molecule has 0 aliphatic carbocycles. The van der Waals surface area contributed by atoms with Crippen molar-refractivity contribution in [3.8, 4) is 5.75 Å². The summed E-state index contributed by atoms with van der Waals surface area (Å²) < 4.78 is 29.1. The number of hydrogen-bond donors (Lipinski definition) is 2. The van der Waals surface area contributed by atoms with Gasteiger partial charge in [-0.05, 0) is 55.7 Å². The lowest BCUT2D eigenvalue weighted by atomic mass is 9.92. The van der Waals surface area contributed by atoms with Crippen LogP contribution < -0.4 is 4.72 Å². The zero-order valence-electron chi connectivity index (χ0n) is 19.2. The van der Waals surface area contributed by atoms with E-state index in [2.05, 4.69) is 22.0 Å². The molecule has 8 heteroatoms. The van der Waals surface area contributed by atoms with Crippen LogP contribution in [0.2, 0.25) is 0 Å². The van der Waals surface area contributed by atoms with Gasteiger partial charge in [-0.1, -0.05) is 44.5 Å². The first-order chi connectivity index (χ1) is 14.8. The van der Waals surface area contributed by atoms with E-state index in [9.17, 15) is 18.3 Å². The van der Waals surface area contributed by atoms with Crippen molar-refractivity contribution in [1.29, 1.82) is 0 Å². The molecule has 0 aliphatic heterocycles. The molecule has 2 aromatic carbocycles. The molecule has 7 nitrogen and oxygen atoms in total. The Hall–Kier alpha value is -3.13. The first-order valence-corrected chi connectivity index (χ1v) is 11.8. The summed E-state index contributed by atoms with van der Waals surface area (Å²) in [7, 11) is -4.17.